The van der Waals surface area contributed by atoms with Crippen LogP contribution in [-0.2, 0) is 14.3 Å². The average molecular weight is 473 g/mol. The summed E-state index contributed by atoms with van der Waals surface area (Å²) in [5, 5.41) is 1.69. The number of aryl methyl sites for hydroxylation is 1. The first-order valence-corrected chi connectivity index (χ1v) is 12.1. The molecule has 1 unspecified atom stereocenters. The molecule has 0 aliphatic carbocycles. The number of hydrogen-bond donors (Lipinski definition) is 0. The lowest BCUT2D eigenvalue weighted by molar-refractivity contribution is -0.164. The van der Waals surface area contributed by atoms with Crippen LogP contribution in [0.5, 0.6) is 0 Å². The fourth-order valence-corrected chi connectivity index (χ4v) is 5.47. The number of anilines is 1. The number of aromatic nitrogens is 1. The monoisotopic (exact) mass is 472 g/mol. The van der Waals surface area contributed by atoms with Crippen molar-refractivity contribution < 1.29 is 14.3 Å². The first kappa shape index (κ1) is 23.0. The molecule has 2 aromatic carbocycles. The maximum atomic E-state index is 12.9. The Labute approximate surface area is 198 Å². The highest BCUT2D eigenvalue weighted by Crippen LogP contribution is 2.44. The van der Waals surface area contributed by atoms with Crippen molar-refractivity contribution in [2.75, 3.05) is 25.1 Å². The van der Waals surface area contributed by atoms with Gasteiger partial charge < -0.3 is 14.4 Å². The van der Waals surface area contributed by atoms with E-state index in [0.29, 0.717) is 5.02 Å². The van der Waals surface area contributed by atoms with E-state index in [4.69, 9.17) is 26.1 Å². The third-order valence-corrected chi connectivity index (χ3v) is 6.98. The summed E-state index contributed by atoms with van der Waals surface area (Å²) in [6, 6.07) is 9.77. The Kier molecular flexibility index (Phi) is 6.48. The lowest BCUT2D eigenvalue weighted by atomic mass is 9.91. The summed E-state index contributed by atoms with van der Waals surface area (Å²) in [5.74, 6) is -0.415. The van der Waals surface area contributed by atoms with Gasteiger partial charge in [0.1, 0.15) is 0 Å². The van der Waals surface area contributed by atoms with E-state index >= 15 is 0 Å². The normalized spacial score (nSPS) is 15.4. The van der Waals surface area contributed by atoms with Gasteiger partial charge in [-0.15, -0.1) is 0 Å². The van der Waals surface area contributed by atoms with Gasteiger partial charge >= 0.3 is 5.97 Å². The van der Waals surface area contributed by atoms with Crippen LogP contribution in [0.25, 0.3) is 21.3 Å². The molecule has 4 rings (SSSR count). The predicted octanol–water partition coefficient (Wildman–Crippen LogP) is 6.55. The van der Waals surface area contributed by atoms with Crippen LogP contribution >= 0.6 is 22.9 Å². The van der Waals surface area contributed by atoms with Gasteiger partial charge in [0.15, 0.2) is 11.2 Å². The number of thiazole rings is 1. The molecule has 0 saturated carbocycles. The number of halogens is 1. The number of esters is 1. The minimum absolute atomic E-state index is 0.415. The topological polar surface area (TPSA) is 51.7 Å². The predicted molar refractivity (Wildman–Crippen MR) is 132 cm³/mol. The fourth-order valence-electron chi connectivity index (χ4n) is 4.17. The molecule has 1 fully saturated rings. The maximum absolute atomic E-state index is 12.9. The van der Waals surface area contributed by atoms with Crippen LogP contribution in [0.1, 0.15) is 50.8 Å². The number of nitrogens with zero attached hydrogens (tertiary/aromatic N) is 2. The van der Waals surface area contributed by atoms with Gasteiger partial charge in [-0.25, -0.2) is 9.78 Å². The number of rotatable bonds is 5. The van der Waals surface area contributed by atoms with Gasteiger partial charge in [-0.05, 0) is 69.9 Å². The summed E-state index contributed by atoms with van der Waals surface area (Å²) in [6.45, 7) is 9.88. The van der Waals surface area contributed by atoms with E-state index in [2.05, 4.69) is 11.0 Å². The van der Waals surface area contributed by atoms with Crippen molar-refractivity contribution in [1.29, 1.82) is 0 Å². The second kappa shape index (κ2) is 9.00. The van der Waals surface area contributed by atoms with Crippen molar-refractivity contribution in [3.63, 3.8) is 0 Å². The van der Waals surface area contributed by atoms with Gasteiger partial charge in [-0.1, -0.05) is 35.1 Å². The van der Waals surface area contributed by atoms with E-state index in [1.807, 2.05) is 52.0 Å². The van der Waals surface area contributed by atoms with E-state index in [1.54, 1.807) is 11.3 Å². The van der Waals surface area contributed by atoms with Gasteiger partial charge in [0.25, 0.3) is 0 Å². The summed E-state index contributed by atoms with van der Waals surface area (Å²) in [5.41, 5.74) is 4.09. The Morgan fingerprint density at radius 1 is 1.19 bits per heavy atom. The van der Waals surface area contributed by atoms with Crippen LogP contribution < -0.4 is 4.90 Å². The number of ether oxygens (including phenoxy) is 2. The molecule has 1 aliphatic heterocycles. The standard InChI is InChI=1S/C25H29ClN2O3S/c1-15-14-18-22(32-24(27-18)28-12-6-7-13-28)20(16-8-10-17(26)11-9-16)19(15)21(23(29)30-5)31-25(2,3)4/h8-11,14,21H,6-7,12-13H2,1-5H3. The van der Waals surface area contributed by atoms with E-state index in [1.165, 1.54) is 20.0 Å². The first-order valence-electron chi connectivity index (χ1n) is 10.9. The second-order valence-electron chi connectivity index (χ2n) is 9.16. The molecule has 32 heavy (non-hydrogen) atoms. The van der Waals surface area contributed by atoms with Crippen LogP contribution in [0.2, 0.25) is 5.02 Å². The fraction of sp³-hybridized carbons (Fsp3) is 0.440. The van der Waals surface area contributed by atoms with Crippen molar-refractivity contribution in [2.45, 2.75) is 52.2 Å². The zero-order valence-corrected chi connectivity index (χ0v) is 20.8. The van der Waals surface area contributed by atoms with Crippen molar-refractivity contribution in [1.82, 2.24) is 4.98 Å². The Morgan fingerprint density at radius 2 is 1.84 bits per heavy atom. The van der Waals surface area contributed by atoms with E-state index in [9.17, 15) is 4.79 Å². The molecule has 2 heterocycles. The molecule has 5 nitrogen and oxygen atoms in total. The molecule has 1 aromatic heterocycles. The Hall–Kier alpha value is -2.15. The number of fused-ring (bicyclic) bond motifs is 1. The van der Waals surface area contributed by atoms with Crippen molar-refractivity contribution in [2.24, 2.45) is 0 Å². The van der Waals surface area contributed by atoms with Gasteiger partial charge in [0.2, 0.25) is 0 Å². The van der Waals surface area contributed by atoms with E-state index in [-0.39, 0.29) is 0 Å². The van der Waals surface area contributed by atoms with Crippen LogP contribution in [0.3, 0.4) is 0 Å². The molecule has 0 N–H and O–H groups in total. The molecule has 3 aromatic rings. The smallest absolute Gasteiger partial charge is 0.339 e. The quantitative estimate of drug-likeness (QED) is 0.394. The molecule has 170 valence electrons. The zero-order valence-electron chi connectivity index (χ0n) is 19.2. The highest BCUT2D eigenvalue weighted by atomic mass is 35.5. The van der Waals surface area contributed by atoms with E-state index < -0.39 is 17.7 Å². The van der Waals surface area contributed by atoms with Crippen LogP contribution in [0, 0.1) is 6.92 Å². The van der Waals surface area contributed by atoms with Crippen molar-refractivity contribution in [3.05, 3.63) is 46.5 Å². The Bertz CT molecular complexity index is 1130. The molecule has 1 atom stereocenters. The SMILES string of the molecule is COC(=O)C(OC(C)(C)C)c1c(C)cc2nc(N3CCCC3)sc2c1-c1ccc(Cl)cc1. The van der Waals surface area contributed by atoms with Gasteiger partial charge in [0.05, 0.1) is 22.9 Å². The molecular weight excluding hydrogens is 444 g/mol. The van der Waals surface area contributed by atoms with Crippen LogP contribution in [-0.4, -0.2) is 36.8 Å². The highest BCUT2D eigenvalue weighted by molar-refractivity contribution is 7.22. The largest absolute Gasteiger partial charge is 0.467 e. The minimum atomic E-state index is -0.854. The summed E-state index contributed by atoms with van der Waals surface area (Å²) < 4.78 is 12.5. The second-order valence-corrected chi connectivity index (χ2v) is 10.6. The maximum Gasteiger partial charge on any atom is 0.339 e. The third-order valence-electron chi connectivity index (χ3n) is 5.57. The van der Waals surface area contributed by atoms with E-state index in [0.717, 1.165) is 50.7 Å². The Balaban J connectivity index is 1.99. The number of hydrogen-bond acceptors (Lipinski definition) is 6. The summed E-state index contributed by atoms with van der Waals surface area (Å²) in [4.78, 5) is 20.2. The van der Waals surface area contributed by atoms with Crippen LogP contribution in [0.15, 0.2) is 30.3 Å². The lowest BCUT2D eigenvalue weighted by Gasteiger charge is -2.28. The molecular formula is C25H29ClN2O3S. The molecule has 1 aliphatic rings. The Morgan fingerprint density at radius 3 is 2.44 bits per heavy atom. The van der Waals surface area contributed by atoms with Gasteiger partial charge in [-0.2, -0.15) is 0 Å². The summed E-state index contributed by atoms with van der Waals surface area (Å²) in [6.07, 6.45) is 1.52. The highest BCUT2D eigenvalue weighted by Gasteiger charge is 2.33. The molecule has 0 amide bonds. The first-order chi connectivity index (χ1) is 15.2. The number of carbonyl (C=O) groups excluding carboxylic acids is 1. The van der Waals surface area contributed by atoms with Gasteiger partial charge in [-0.3, -0.25) is 0 Å². The van der Waals surface area contributed by atoms with Crippen molar-refractivity contribution in [3.8, 4) is 11.1 Å². The van der Waals surface area contributed by atoms with Crippen LogP contribution in [0.4, 0.5) is 5.13 Å². The van der Waals surface area contributed by atoms with Crippen molar-refractivity contribution >= 4 is 44.3 Å². The summed E-state index contributed by atoms with van der Waals surface area (Å²) >= 11 is 7.86. The molecule has 0 radical (unpaired) electrons. The molecule has 0 spiro atoms. The zero-order chi connectivity index (χ0) is 23.0. The summed E-state index contributed by atoms with van der Waals surface area (Å²) in [7, 11) is 1.40. The number of carbonyl (C=O) groups is 1. The average Bonchev–Trinajstić information content (AvgIpc) is 3.40. The minimum Gasteiger partial charge on any atom is -0.467 e. The lowest BCUT2D eigenvalue weighted by Crippen LogP contribution is -2.29. The van der Waals surface area contributed by atoms with Gasteiger partial charge in [0, 0.05) is 29.2 Å². The molecule has 1 saturated heterocycles. The number of methoxy groups -OCH3 is 1. The molecule has 0 bridgehead atoms. The molecule has 7 heteroatoms. The number of benzene rings is 2. The third kappa shape index (κ3) is 4.63.